The van der Waals surface area contributed by atoms with Crippen molar-refractivity contribution in [3.05, 3.63) is 11.6 Å². The number of rotatable bonds is 14. The van der Waals surface area contributed by atoms with Gasteiger partial charge in [0, 0.05) is 29.2 Å². The Morgan fingerprint density at radius 3 is 1.67 bits per heavy atom. The standard InChI is InChI=1S/C61H98O27/c1-12-24(2)49(76)87-48-47(75)61-32(19-55(48,5)6)60(88-54(61)77)18-14-31-57(9)16-15-33(56(7,8)30(57)13-17-58(31,10)59(60,11)20-34(61)79-26(4)65)83-53-46(86-51-43(74)40(71)36(67)27(21-62)80-51)44(38(69)29(23-64)82-53)84-52-45(41(72)37(68)28(22-63)81-52)85-50-42(73)39(70)35(66)25(3)78-50/h12,25,27-48,50-54,62-64,66-75,77H,13-23H2,1-11H3. The molecule has 27 heteroatoms. The first-order chi connectivity index (χ1) is 41.1. The zero-order valence-electron chi connectivity index (χ0n) is 52.1. The molecule has 2 bridgehead atoms. The largest absolute Gasteiger partial charge is 0.462 e. The van der Waals surface area contributed by atoms with Gasteiger partial charge in [-0.25, -0.2) is 4.79 Å². The van der Waals surface area contributed by atoms with Crippen LogP contribution in [0.2, 0.25) is 0 Å². The van der Waals surface area contributed by atoms with Crippen LogP contribution in [0.25, 0.3) is 0 Å². The Bertz CT molecular complexity index is 2540. The van der Waals surface area contributed by atoms with Gasteiger partial charge >= 0.3 is 11.9 Å². The molecule has 1 spiro atoms. The zero-order valence-corrected chi connectivity index (χ0v) is 52.1. The van der Waals surface area contributed by atoms with Gasteiger partial charge in [0.05, 0.1) is 43.0 Å². The van der Waals surface area contributed by atoms with Crippen molar-refractivity contribution in [3.8, 4) is 0 Å². The van der Waals surface area contributed by atoms with E-state index in [0.29, 0.717) is 50.5 Å². The van der Waals surface area contributed by atoms with Crippen LogP contribution < -0.4 is 0 Å². The topological polar surface area (TPSA) is 419 Å². The van der Waals surface area contributed by atoms with Crippen molar-refractivity contribution in [2.24, 2.45) is 50.2 Å². The second kappa shape index (κ2) is 24.5. The molecule has 10 fully saturated rings. The molecule has 5 aliphatic heterocycles. The Morgan fingerprint density at radius 1 is 0.534 bits per heavy atom. The number of allylic oxidation sites excluding steroid dienone is 1. The summed E-state index contributed by atoms with van der Waals surface area (Å²) in [6.07, 6.45) is -36.0. The molecule has 0 amide bonds. The average molecular weight is 1260 g/mol. The fraction of sp³-hybridized carbons (Fsp3) is 0.934. The van der Waals surface area contributed by atoms with E-state index in [-0.39, 0.29) is 18.3 Å². The highest BCUT2D eigenvalue weighted by atomic mass is 16.8. The minimum Gasteiger partial charge on any atom is -0.462 e. The van der Waals surface area contributed by atoms with Crippen molar-refractivity contribution < 1.29 is 133 Å². The molecule has 27 nitrogen and oxygen atoms in total. The fourth-order valence-electron chi connectivity index (χ4n) is 19.0. The Labute approximate surface area is 512 Å². The smallest absolute Gasteiger partial charge is 0.333 e. The molecule has 10 rings (SSSR count). The monoisotopic (exact) mass is 1260 g/mol. The van der Waals surface area contributed by atoms with E-state index in [0.717, 1.165) is 0 Å². The molecule has 0 aromatic rings. The van der Waals surface area contributed by atoms with Crippen LogP contribution in [0.15, 0.2) is 11.6 Å². The van der Waals surface area contributed by atoms with Gasteiger partial charge in [-0.3, -0.25) is 4.79 Å². The summed E-state index contributed by atoms with van der Waals surface area (Å²) in [6, 6.07) is 0. The van der Waals surface area contributed by atoms with Crippen molar-refractivity contribution in [3.63, 3.8) is 0 Å². The number of aliphatic hydroxyl groups excluding tert-OH is 14. The fourth-order valence-corrected chi connectivity index (χ4v) is 19.0. The Hall–Kier alpha value is -2.24. The van der Waals surface area contributed by atoms with Gasteiger partial charge in [0.2, 0.25) is 0 Å². The van der Waals surface area contributed by atoms with Crippen LogP contribution in [0.5, 0.6) is 0 Å². The molecule has 0 aromatic carbocycles. The van der Waals surface area contributed by atoms with Gasteiger partial charge in [-0.2, -0.15) is 0 Å². The summed E-state index contributed by atoms with van der Waals surface area (Å²) in [5.74, 6) is -1.87. The maximum atomic E-state index is 13.4. The number of aliphatic hydroxyl groups is 14. The maximum absolute atomic E-state index is 13.4. The Morgan fingerprint density at radius 2 is 1.07 bits per heavy atom. The molecule has 5 saturated carbocycles. The highest BCUT2D eigenvalue weighted by molar-refractivity contribution is 5.87. The highest BCUT2D eigenvalue weighted by Gasteiger charge is 2.86. The summed E-state index contributed by atoms with van der Waals surface area (Å²) in [7, 11) is 0. The first-order valence-corrected chi connectivity index (χ1v) is 31.4. The van der Waals surface area contributed by atoms with Crippen LogP contribution in [0.3, 0.4) is 0 Å². The van der Waals surface area contributed by atoms with Crippen LogP contribution in [-0.4, -0.2) is 262 Å². The SMILES string of the molecule is CC=C(C)C(=O)OC1C(O)C23C(O)OC4(CCC5C6(C)CCC(OC7OC(CO)C(O)C(OC8OC(CO)C(O)C(O)C8OC8OC(C)C(O)C(O)C8O)C7OC7OC(CO)C(O)C(O)C7O)C(C)(C)C6CCC5(C)C4(C)CC2OC(C)=O)C3CC1(C)C. The molecule has 33 atom stereocenters. The lowest BCUT2D eigenvalue weighted by Gasteiger charge is -2.75. The molecule has 5 saturated heterocycles. The van der Waals surface area contributed by atoms with Gasteiger partial charge in [-0.05, 0) is 100 Å². The molecule has 504 valence electrons. The number of esters is 2. The molecule has 0 radical (unpaired) electrons. The molecule has 5 aliphatic carbocycles. The average Bonchev–Trinajstić information content (AvgIpc) is 1.35. The minimum absolute atomic E-state index is 0.0145. The Balaban J connectivity index is 0.969. The minimum atomic E-state index is -2.02. The molecular weight excluding hydrogens is 1160 g/mol. The van der Waals surface area contributed by atoms with E-state index in [4.69, 9.17) is 52.1 Å². The predicted octanol–water partition coefficient (Wildman–Crippen LogP) is -1.98. The van der Waals surface area contributed by atoms with Gasteiger partial charge in [0.15, 0.2) is 31.5 Å². The van der Waals surface area contributed by atoms with Crippen molar-refractivity contribution in [2.45, 2.75) is 287 Å². The summed E-state index contributed by atoms with van der Waals surface area (Å²) < 4.78 is 69.5. The van der Waals surface area contributed by atoms with Crippen LogP contribution in [0.1, 0.15) is 128 Å². The lowest BCUT2D eigenvalue weighted by Crippen LogP contribution is -2.77. The Kier molecular flexibility index (Phi) is 19.1. The summed E-state index contributed by atoms with van der Waals surface area (Å²) >= 11 is 0. The van der Waals surface area contributed by atoms with Crippen LogP contribution in [-0.2, 0) is 61.7 Å². The van der Waals surface area contributed by atoms with E-state index in [9.17, 15) is 81.1 Å². The number of hydrogen-bond acceptors (Lipinski definition) is 27. The number of ether oxygens (including phenoxy) is 11. The second-order valence-electron chi connectivity index (χ2n) is 29.2. The van der Waals surface area contributed by atoms with E-state index < -0.39 is 229 Å². The number of carbonyl (C=O) groups excluding carboxylic acids is 2. The van der Waals surface area contributed by atoms with Gasteiger partial charge in [0.25, 0.3) is 0 Å². The van der Waals surface area contributed by atoms with Gasteiger partial charge in [-0.1, -0.05) is 54.5 Å². The lowest BCUT2D eigenvalue weighted by molar-refractivity contribution is -0.409. The van der Waals surface area contributed by atoms with E-state index in [1.807, 2.05) is 13.8 Å². The summed E-state index contributed by atoms with van der Waals surface area (Å²) in [5, 5.41) is 157. The van der Waals surface area contributed by atoms with Gasteiger partial charge < -0.3 is 124 Å². The summed E-state index contributed by atoms with van der Waals surface area (Å²) in [5.41, 5.74) is -5.59. The molecule has 14 N–H and O–H groups in total. The van der Waals surface area contributed by atoms with Crippen molar-refractivity contribution in [1.29, 1.82) is 0 Å². The highest BCUT2D eigenvalue weighted by Crippen LogP contribution is 2.82. The lowest BCUT2D eigenvalue weighted by atomic mass is 9.30. The summed E-state index contributed by atoms with van der Waals surface area (Å²) in [4.78, 5) is 26.8. The molecular formula is C61H98O27. The van der Waals surface area contributed by atoms with E-state index in [2.05, 4.69) is 34.6 Å². The number of carbonyl (C=O) groups is 2. The van der Waals surface area contributed by atoms with E-state index >= 15 is 0 Å². The van der Waals surface area contributed by atoms with Crippen LogP contribution in [0, 0.1) is 50.2 Å². The number of fused-ring (bicyclic) bond motifs is 4. The zero-order chi connectivity index (χ0) is 64.7. The first kappa shape index (κ1) is 68.6. The predicted molar refractivity (Wildman–Crippen MR) is 298 cm³/mol. The molecule has 10 aliphatic rings. The van der Waals surface area contributed by atoms with Crippen LogP contribution in [0.4, 0.5) is 0 Å². The second-order valence-corrected chi connectivity index (χ2v) is 29.2. The maximum Gasteiger partial charge on any atom is 0.333 e. The van der Waals surface area contributed by atoms with Crippen molar-refractivity contribution in [1.82, 2.24) is 0 Å². The number of hydrogen-bond donors (Lipinski definition) is 14. The van der Waals surface area contributed by atoms with E-state index in [1.54, 1.807) is 19.9 Å². The normalized spacial score (nSPS) is 54.0. The molecule has 33 unspecified atom stereocenters. The molecule has 5 heterocycles. The third-order valence-electron chi connectivity index (χ3n) is 24.1. The third kappa shape index (κ3) is 10.4. The molecule has 0 aromatic heterocycles. The van der Waals surface area contributed by atoms with Crippen LogP contribution >= 0.6 is 0 Å². The quantitative estimate of drug-likeness (QED) is 0.0509. The van der Waals surface area contributed by atoms with Crippen molar-refractivity contribution in [2.75, 3.05) is 19.8 Å². The third-order valence-corrected chi connectivity index (χ3v) is 24.1. The van der Waals surface area contributed by atoms with Gasteiger partial charge in [-0.15, -0.1) is 0 Å². The van der Waals surface area contributed by atoms with E-state index in [1.165, 1.54) is 13.8 Å². The summed E-state index contributed by atoms with van der Waals surface area (Å²) in [6.45, 7) is 18.2. The van der Waals surface area contributed by atoms with Crippen molar-refractivity contribution >= 4 is 11.9 Å². The first-order valence-electron chi connectivity index (χ1n) is 31.4. The van der Waals surface area contributed by atoms with Gasteiger partial charge in [0.1, 0.15) is 110 Å². The molecule has 88 heavy (non-hydrogen) atoms.